The van der Waals surface area contributed by atoms with Crippen LogP contribution in [0.15, 0.2) is 33.7 Å². The first-order valence-corrected chi connectivity index (χ1v) is 10.6. The summed E-state index contributed by atoms with van der Waals surface area (Å²) in [5.41, 5.74) is 2.33. The van der Waals surface area contributed by atoms with Gasteiger partial charge < -0.3 is 14.6 Å². The number of carbonyl (C=O) groups excluding carboxylic acids is 2. The predicted molar refractivity (Wildman–Crippen MR) is 107 cm³/mol. The van der Waals surface area contributed by atoms with Crippen molar-refractivity contribution < 1.29 is 18.8 Å². The molecule has 1 aliphatic rings. The molecular weight excluding hydrogens is 376 g/mol. The van der Waals surface area contributed by atoms with Crippen LogP contribution in [0.1, 0.15) is 60.0 Å². The molecule has 1 N–H and O–H groups in total. The predicted octanol–water partition coefficient (Wildman–Crippen LogP) is 4.19. The van der Waals surface area contributed by atoms with Crippen LogP contribution in [0.3, 0.4) is 0 Å². The van der Waals surface area contributed by atoms with Gasteiger partial charge in [0, 0.05) is 22.3 Å². The van der Waals surface area contributed by atoms with Gasteiger partial charge in [-0.05, 0) is 45.7 Å². The van der Waals surface area contributed by atoms with Crippen molar-refractivity contribution in [2.45, 2.75) is 69.2 Å². The lowest BCUT2D eigenvalue weighted by Crippen LogP contribution is -2.40. The van der Waals surface area contributed by atoms with Crippen LogP contribution in [0.4, 0.5) is 0 Å². The van der Waals surface area contributed by atoms with Crippen molar-refractivity contribution in [2.75, 3.05) is 0 Å². The number of aromatic nitrogens is 1. The minimum absolute atomic E-state index is 0.201. The highest BCUT2D eigenvalue weighted by Gasteiger charge is 2.24. The molecule has 150 valence electrons. The van der Waals surface area contributed by atoms with E-state index in [-0.39, 0.29) is 11.9 Å². The summed E-state index contributed by atoms with van der Waals surface area (Å²) in [6.45, 7) is 5.39. The molecular formula is C21H26N2O4S. The smallest absolute Gasteiger partial charge is 0.340 e. The summed E-state index contributed by atoms with van der Waals surface area (Å²) in [6, 6.07) is 7.47. The van der Waals surface area contributed by atoms with Gasteiger partial charge in [-0.15, -0.1) is 11.8 Å². The van der Waals surface area contributed by atoms with Crippen molar-refractivity contribution in [3.05, 3.63) is 46.8 Å². The van der Waals surface area contributed by atoms with Gasteiger partial charge in [-0.3, -0.25) is 4.79 Å². The Kier molecular flexibility index (Phi) is 6.78. The van der Waals surface area contributed by atoms with Crippen LogP contribution >= 0.6 is 11.8 Å². The molecule has 0 unspecified atom stereocenters. The Bertz CT molecular complexity index is 823. The first kappa shape index (κ1) is 20.5. The summed E-state index contributed by atoms with van der Waals surface area (Å²) in [7, 11) is 0. The van der Waals surface area contributed by atoms with Gasteiger partial charge in [-0.25, -0.2) is 4.79 Å². The Hall–Kier alpha value is -2.28. The number of ether oxygens (including phenoxy) is 1. The van der Waals surface area contributed by atoms with E-state index in [4.69, 9.17) is 9.26 Å². The third kappa shape index (κ3) is 4.95. The van der Waals surface area contributed by atoms with Crippen LogP contribution in [0, 0.1) is 13.8 Å². The molecule has 1 fully saturated rings. The standard InChI is InChI=1S/C21H26N2O4S/c1-13-18(14(2)27-23-13)12-28-19-11-7-6-10-17(19)21(25)26-15(3)20(24)22-16-8-4-5-9-16/h6-7,10-11,15-16H,4-5,8-9,12H2,1-3H3,(H,22,24)/t15-/m1/s1. The third-order valence-electron chi connectivity index (χ3n) is 5.01. The van der Waals surface area contributed by atoms with E-state index < -0.39 is 12.1 Å². The van der Waals surface area contributed by atoms with E-state index in [2.05, 4.69) is 10.5 Å². The molecule has 1 saturated carbocycles. The SMILES string of the molecule is Cc1noc(C)c1CSc1ccccc1C(=O)O[C@H](C)C(=O)NC1CCCC1. The van der Waals surface area contributed by atoms with E-state index in [1.54, 1.807) is 19.1 Å². The zero-order valence-electron chi connectivity index (χ0n) is 16.5. The Morgan fingerprint density at radius 3 is 2.68 bits per heavy atom. The van der Waals surface area contributed by atoms with Crippen LogP contribution in [-0.2, 0) is 15.3 Å². The Balaban J connectivity index is 1.62. The first-order valence-electron chi connectivity index (χ1n) is 9.60. The molecule has 0 radical (unpaired) electrons. The Morgan fingerprint density at radius 2 is 2.00 bits per heavy atom. The molecule has 1 aromatic heterocycles. The number of hydrogen-bond donors (Lipinski definition) is 1. The average Bonchev–Trinajstić information content (AvgIpc) is 3.30. The van der Waals surface area contributed by atoms with Crippen molar-refractivity contribution in [1.82, 2.24) is 10.5 Å². The van der Waals surface area contributed by atoms with Crippen molar-refractivity contribution >= 4 is 23.6 Å². The molecule has 0 spiro atoms. The molecule has 0 bridgehead atoms. The van der Waals surface area contributed by atoms with Gasteiger partial charge in [0.15, 0.2) is 6.10 Å². The maximum Gasteiger partial charge on any atom is 0.340 e. The lowest BCUT2D eigenvalue weighted by molar-refractivity contribution is -0.129. The summed E-state index contributed by atoms with van der Waals surface area (Å²) in [5, 5.41) is 6.93. The van der Waals surface area contributed by atoms with Crippen molar-refractivity contribution in [3.63, 3.8) is 0 Å². The van der Waals surface area contributed by atoms with Crippen LogP contribution in [0.5, 0.6) is 0 Å². The zero-order chi connectivity index (χ0) is 20.1. The molecule has 28 heavy (non-hydrogen) atoms. The van der Waals surface area contributed by atoms with Crippen LogP contribution in [0.25, 0.3) is 0 Å². The van der Waals surface area contributed by atoms with E-state index in [1.165, 1.54) is 11.8 Å². The fourth-order valence-electron chi connectivity index (χ4n) is 3.29. The summed E-state index contributed by atoms with van der Waals surface area (Å²) >= 11 is 1.52. The molecule has 6 nitrogen and oxygen atoms in total. The lowest BCUT2D eigenvalue weighted by Gasteiger charge is -2.17. The second-order valence-electron chi connectivity index (χ2n) is 7.13. The summed E-state index contributed by atoms with van der Waals surface area (Å²) in [5.74, 6) is 0.697. The molecule has 3 rings (SSSR count). The van der Waals surface area contributed by atoms with Gasteiger partial charge in [-0.2, -0.15) is 0 Å². The van der Waals surface area contributed by atoms with E-state index in [1.807, 2.05) is 26.0 Å². The van der Waals surface area contributed by atoms with Gasteiger partial charge in [0.2, 0.25) is 0 Å². The van der Waals surface area contributed by atoms with E-state index in [0.29, 0.717) is 11.3 Å². The summed E-state index contributed by atoms with van der Waals surface area (Å²) in [6.07, 6.45) is 3.43. The van der Waals surface area contributed by atoms with E-state index in [9.17, 15) is 9.59 Å². The Morgan fingerprint density at radius 1 is 1.29 bits per heavy atom. The maximum atomic E-state index is 12.7. The number of esters is 1. The number of nitrogens with zero attached hydrogens (tertiary/aromatic N) is 1. The molecule has 1 aliphatic carbocycles. The zero-order valence-corrected chi connectivity index (χ0v) is 17.3. The van der Waals surface area contributed by atoms with Crippen LogP contribution in [-0.4, -0.2) is 29.2 Å². The molecule has 0 aliphatic heterocycles. The number of carbonyl (C=O) groups is 2. The molecule has 2 aromatic rings. The molecule has 1 aromatic carbocycles. The van der Waals surface area contributed by atoms with Gasteiger partial charge in [0.1, 0.15) is 5.76 Å². The summed E-state index contributed by atoms with van der Waals surface area (Å²) < 4.78 is 10.6. The number of amides is 1. The topological polar surface area (TPSA) is 81.4 Å². The quantitative estimate of drug-likeness (QED) is 0.552. The highest BCUT2D eigenvalue weighted by atomic mass is 32.2. The molecule has 1 heterocycles. The number of benzene rings is 1. The monoisotopic (exact) mass is 402 g/mol. The number of rotatable bonds is 7. The van der Waals surface area contributed by atoms with Crippen molar-refractivity contribution in [3.8, 4) is 0 Å². The molecule has 1 amide bonds. The fourth-order valence-corrected chi connectivity index (χ4v) is 4.48. The normalized spacial score (nSPS) is 15.4. The number of thioether (sulfide) groups is 1. The Labute approximate surface area is 169 Å². The largest absolute Gasteiger partial charge is 0.449 e. The van der Waals surface area contributed by atoms with Crippen molar-refractivity contribution in [1.29, 1.82) is 0 Å². The van der Waals surface area contributed by atoms with Gasteiger partial charge in [0.25, 0.3) is 5.91 Å². The van der Waals surface area contributed by atoms with Crippen LogP contribution in [0.2, 0.25) is 0 Å². The minimum Gasteiger partial charge on any atom is -0.449 e. The van der Waals surface area contributed by atoms with Gasteiger partial charge in [-0.1, -0.05) is 30.1 Å². The molecule has 7 heteroatoms. The second kappa shape index (κ2) is 9.28. The molecule has 0 saturated heterocycles. The number of aryl methyl sites for hydroxylation is 2. The minimum atomic E-state index is -0.825. The summed E-state index contributed by atoms with van der Waals surface area (Å²) in [4.78, 5) is 25.8. The van der Waals surface area contributed by atoms with Gasteiger partial charge >= 0.3 is 5.97 Å². The lowest BCUT2D eigenvalue weighted by atomic mass is 10.2. The third-order valence-corrected chi connectivity index (χ3v) is 6.11. The average molecular weight is 403 g/mol. The second-order valence-corrected chi connectivity index (χ2v) is 8.14. The highest BCUT2D eigenvalue weighted by Crippen LogP contribution is 2.29. The van der Waals surface area contributed by atoms with Crippen molar-refractivity contribution in [2.24, 2.45) is 0 Å². The number of hydrogen-bond acceptors (Lipinski definition) is 6. The number of nitrogens with one attached hydrogen (secondary N) is 1. The van der Waals surface area contributed by atoms with Gasteiger partial charge in [0.05, 0.1) is 11.3 Å². The van der Waals surface area contributed by atoms with Crippen LogP contribution < -0.4 is 5.32 Å². The fraction of sp³-hybridized carbons (Fsp3) is 0.476. The maximum absolute atomic E-state index is 12.7. The first-order chi connectivity index (χ1) is 13.5. The van der Waals surface area contributed by atoms with E-state index in [0.717, 1.165) is 47.6 Å². The highest BCUT2D eigenvalue weighted by molar-refractivity contribution is 7.98. The van der Waals surface area contributed by atoms with E-state index >= 15 is 0 Å². The molecule has 1 atom stereocenters.